The van der Waals surface area contributed by atoms with E-state index >= 15 is 0 Å². The summed E-state index contributed by atoms with van der Waals surface area (Å²) in [5.41, 5.74) is 0.727. The van der Waals surface area contributed by atoms with E-state index in [4.69, 9.17) is 9.47 Å². The van der Waals surface area contributed by atoms with Crippen LogP contribution >= 0.6 is 0 Å². The van der Waals surface area contributed by atoms with Crippen molar-refractivity contribution in [2.75, 3.05) is 38.2 Å². The van der Waals surface area contributed by atoms with Crippen molar-refractivity contribution >= 4 is 29.2 Å². The molecule has 3 aromatic heterocycles. The quantitative estimate of drug-likeness (QED) is 0.160. The summed E-state index contributed by atoms with van der Waals surface area (Å²) in [6.07, 6.45) is 2.07. The molecule has 1 saturated heterocycles. The molecule has 0 bridgehead atoms. The molecular formula is C36H47F3N8O4. The number of nitrogens with zero attached hydrogens (tertiary/aromatic N) is 6. The van der Waals surface area contributed by atoms with Crippen molar-refractivity contribution in [1.82, 2.24) is 34.4 Å². The first-order chi connectivity index (χ1) is 23.9. The maximum Gasteiger partial charge on any atom is 0.435 e. The lowest BCUT2D eigenvalue weighted by Crippen LogP contribution is -2.36. The zero-order valence-corrected chi connectivity index (χ0v) is 30.2. The minimum Gasteiger partial charge on any atom is -0.444 e. The fourth-order valence-corrected chi connectivity index (χ4v) is 5.82. The van der Waals surface area contributed by atoms with Crippen molar-refractivity contribution < 1.29 is 32.2 Å². The number of ether oxygens (including phenoxy) is 2. The maximum absolute atomic E-state index is 14.1. The van der Waals surface area contributed by atoms with Crippen LogP contribution in [0.5, 0.6) is 0 Å². The van der Waals surface area contributed by atoms with Crippen molar-refractivity contribution in [1.29, 1.82) is 0 Å². The first-order valence-electron chi connectivity index (χ1n) is 17.1. The summed E-state index contributed by atoms with van der Waals surface area (Å²) < 4.78 is 56.3. The highest BCUT2D eigenvalue weighted by molar-refractivity contribution is 5.96. The number of carbonyl (C=O) groups excluding carboxylic acids is 2. The van der Waals surface area contributed by atoms with Crippen LogP contribution in [-0.2, 0) is 28.6 Å². The molecule has 0 aliphatic carbocycles. The SMILES string of the molecule is CCc1cc(Nc2nccn3c(-c4cn(CCOCC(C)(C)C)nc4C(F)(F)F)cnc23)ccc1C(=O)NCC1CCN(C(=O)OC(C)(C)C)C1. The molecule has 4 aromatic rings. The largest absolute Gasteiger partial charge is 0.444 e. The molecule has 1 unspecified atom stereocenters. The van der Waals surface area contributed by atoms with Crippen LogP contribution in [0, 0.1) is 11.3 Å². The number of anilines is 2. The van der Waals surface area contributed by atoms with Crippen LogP contribution in [0.25, 0.3) is 16.9 Å². The van der Waals surface area contributed by atoms with Gasteiger partial charge in [0.2, 0.25) is 0 Å². The smallest absolute Gasteiger partial charge is 0.435 e. The van der Waals surface area contributed by atoms with Crippen molar-refractivity contribution in [2.45, 2.75) is 79.6 Å². The number of hydrogen-bond donors (Lipinski definition) is 2. The van der Waals surface area contributed by atoms with E-state index in [1.165, 1.54) is 27.7 Å². The van der Waals surface area contributed by atoms with Crippen LogP contribution in [0.4, 0.5) is 29.5 Å². The third-order valence-electron chi connectivity index (χ3n) is 8.22. The summed E-state index contributed by atoms with van der Waals surface area (Å²) in [5.74, 6) is 0.233. The van der Waals surface area contributed by atoms with Crippen molar-refractivity contribution in [2.24, 2.45) is 11.3 Å². The lowest BCUT2D eigenvalue weighted by Gasteiger charge is -2.24. The summed E-state index contributed by atoms with van der Waals surface area (Å²) in [4.78, 5) is 36.1. The highest BCUT2D eigenvalue weighted by Crippen LogP contribution is 2.37. The highest BCUT2D eigenvalue weighted by Gasteiger charge is 2.38. The first kappa shape index (κ1) is 37.6. The Kier molecular flexibility index (Phi) is 11.0. The molecule has 51 heavy (non-hydrogen) atoms. The van der Waals surface area contributed by atoms with Gasteiger partial charge in [0.15, 0.2) is 17.2 Å². The average Bonchev–Trinajstić information content (AvgIpc) is 3.79. The Balaban J connectivity index is 1.28. The molecule has 1 aliphatic heterocycles. The Labute approximate surface area is 295 Å². The van der Waals surface area contributed by atoms with Gasteiger partial charge in [-0.25, -0.2) is 14.8 Å². The standard InChI is InChI=1S/C36H47F3N8O4/c1-8-24-17-25(9-10-26(24)32(48)42-18-23-11-13-45(20-23)33(49)51-35(5,6)7)43-30-31-41-19-28(47(31)14-12-40-30)27-21-46(44-29(27)36(37,38)39)15-16-50-22-34(2,3)4/h9-10,12,14,17,19,21,23H,8,11,13,15-16,18,20,22H2,1-7H3,(H,40,43)(H,42,48). The number of imidazole rings is 1. The van der Waals surface area contributed by atoms with Gasteiger partial charge in [0, 0.05) is 49.5 Å². The van der Waals surface area contributed by atoms with Gasteiger partial charge in [-0.15, -0.1) is 0 Å². The number of benzene rings is 1. The molecule has 276 valence electrons. The Morgan fingerprint density at radius 3 is 2.53 bits per heavy atom. The van der Waals surface area contributed by atoms with E-state index in [2.05, 4.69) is 25.7 Å². The van der Waals surface area contributed by atoms with Gasteiger partial charge in [0.1, 0.15) is 5.60 Å². The van der Waals surface area contributed by atoms with E-state index in [0.29, 0.717) is 55.4 Å². The fourth-order valence-electron chi connectivity index (χ4n) is 5.82. The molecule has 0 radical (unpaired) electrons. The van der Waals surface area contributed by atoms with Gasteiger partial charge in [-0.1, -0.05) is 27.7 Å². The molecule has 4 heterocycles. The molecular weight excluding hydrogens is 665 g/mol. The monoisotopic (exact) mass is 712 g/mol. The van der Waals surface area contributed by atoms with Crippen molar-refractivity contribution in [3.63, 3.8) is 0 Å². The minimum absolute atomic E-state index is 0.0671. The number of nitrogens with one attached hydrogen (secondary N) is 2. The van der Waals surface area contributed by atoms with Gasteiger partial charge >= 0.3 is 12.3 Å². The summed E-state index contributed by atoms with van der Waals surface area (Å²) in [7, 11) is 0. The van der Waals surface area contributed by atoms with Crippen LogP contribution in [-0.4, -0.2) is 79.5 Å². The normalized spacial score (nSPS) is 15.4. The number of amides is 2. The second kappa shape index (κ2) is 14.9. The molecule has 1 aromatic carbocycles. The van der Waals surface area contributed by atoms with Crippen LogP contribution in [0.2, 0.25) is 0 Å². The third-order valence-corrected chi connectivity index (χ3v) is 8.22. The molecule has 15 heteroatoms. The summed E-state index contributed by atoms with van der Waals surface area (Å²) >= 11 is 0. The Morgan fingerprint density at radius 1 is 1.08 bits per heavy atom. The molecule has 2 amide bonds. The zero-order chi connectivity index (χ0) is 37.1. The molecule has 5 rings (SSSR count). The number of aromatic nitrogens is 5. The summed E-state index contributed by atoms with van der Waals surface area (Å²) in [6, 6.07) is 5.32. The lowest BCUT2D eigenvalue weighted by molar-refractivity contribution is -0.141. The van der Waals surface area contributed by atoms with E-state index in [-0.39, 0.29) is 47.7 Å². The van der Waals surface area contributed by atoms with Crippen LogP contribution in [0.15, 0.2) is 43.0 Å². The molecule has 0 spiro atoms. The number of aryl methyl sites for hydroxylation is 1. The van der Waals surface area contributed by atoms with Crippen LogP contribution in [0.1, 0.15) is 76.5 Å². The van der Waals surface area contributed by atoms with Crippen molar-refractivity contribution in [3.8, 4) is 11.3 Å². The minimum atomic E-state index is -4.69. The number of alkyl halides is 3. The van der Waals surface area contributed by atoms with E-state index in [9.17, 15) is 22.8 Å². The van der Waals surface area contributed by atoms with Crippen molar-refractivity contribution in [3.05, 3.63) is 59.8 Å². The molecule has 0 saturated carbocycles. The van der Waals surface area contributed by atoms with E-state index in [0.717, 1.165) is 12.0 Å². The van der Waals surface area contributed by atoms with Gasteiger partial charge in [0.05, 0.1) is 37.2 Å². The molecule has 12 nitrogen and oxygen atoms in total. The molecule has 1 fully saturated rings. The predicted molar refractivity (Wildman–Crippen MR) is 187 cm³/mol. The Bertz CT molecular complexity index is 1860. The lowest BCUT2D eigenvalue weighted by atomic mass is 9.99. The number of halogens is 3. The third kappa shape index (κ3) is 9.57. The second-order valence-corrected chi connectivity index (χ2v) is 15.0. The van der Waals surface area contributed by atoms with Crippen LogP contribution < -0.4 is 10.6 Å². The zero-order valence-electron chi connectivity index (χ0n) is 30.2. The number of likely N-dealkylation sites (tertiary alicyclic amines) is 1. The van der Waals surface area contributed by atoms with E-state index in [1.807, 2.05) is 54.5 Å². The predicted octanol–water partition coefficient (Wildman–Crippen LogP) is 6.97. The number of fused-ring (bicyclic) bond motifs is 1. The number of hydrogen-bond acceptors (Lipinski definition) is 8. The van der Waals surface area contributed by atoms with Gasteiger partial charge < -0.3 is 25.0 Å². The van der Waals surface area contributed by atoms with Gasteiger partial charge in [0.25, 0.3) is 5.91 Å². The topological polar surface area (TPSA) is 128 Å². The Hall–Kier alpha value is -4.66. The van der Waals surface area contributed by atoms with Gasteiger partial charge in [-0.05, 0) is 68.7 Å². The second-order valence-electron chi connectivity index (χ2n) is 15.0. The molecule has 1 aliphatic rings. The van der Waals surface area contributed by atoms with E-state index in [1.54, 1.807) is 23.2 Å². The van der Waals surface area contributed by atoms with E-state index < -0.39 is 17.5 Å². The summed E-state index contributed by atoms with van der Waals surface area (Å²) in [5, 5.41) is 10.1. The maximum atomic E-state index is 14.1. The van der Waals surface area contributed by atoms with Crippen LogP contribution in [0.3, 0.4) is 0 Å². The number of rotatable bonds is 11. The molecule has 2 N–H and O–H groups in total. The average molecular weight is 713 g/mol. The molecule has 1 atom stereocenters. The summed E-state index contributed by atoms with van der Waals surface area (Å²) in [6.45, 7) is 15.8. The highest BCUT2D eigenvalue weighted by atomic mass is 19.4. The first-order valence-corrected chi connectivity index (χ1v) is 17.1. The number of carbonyl (C=O) groups is 2. The van der Waals surface area contributed by atoms with Gasteiger partial charge in [-0.2, -0.15) is 18.3 Å². The fraction of sp³-hybridized carbons (Fsp3) is 0.528. The van der Waals surface area contributed by atoms with Gasteiger partial charge in [-0.3, -0.25) is 13.9 Å². The Morgan fingerprint density at radius 2 is 1.84 bits per heavy atom.